The Morgan fingerprint density at radius 2 is 0.936 bits per heavy atom. The van der Waals surface area contributed by atoms with Gasteiger partial charge in [0.1, 0.15) is 23.0 Å². The van der Waals surface area contributed by atoms with E-state index in [1.54, 1.807) is 72.8 Å². The van der Waals surface area contributed by atoms with E-state index in [2.05, 4.69) is 0 Å². The number of hydrogen-bond donors (Lipinski definition) is 2. The van der Waals surface area contributed by atoms with Gasteiger partial charge in [0.05, 0.1) is 38.6 Å². The fourth-order valence-corrected chi connectivity index (χ4v) is 4.71. The molecule has 4 aromatic carbocycles. The summed E-state index contributed by atoms with van der Waals surface area (Å²) in [7, 11) is 3.06. The van der Waals surface area contributed by atoms with Gasteiger partial charge in [0, 0.05) is 30.4 Å². The van der Waals surface area contributed by atoms with Gasteiger partial charge in [-0.05, 0) is 96.8 Å². The summed E-state index contributed by atoms with van der Waals surface area (Å²) < 4.78 is 20.7. The number of phenols is 2. The van der Waals surface area contributed by atoms with E-state index in [1.165, 1.54) is 26.4 Å². The van der Waals surface area contributed by atoms with E-state index < -0.39 is 11.9 Å². The molecule has 0 aliphatic carbocycles. The zero-order valence-electron chi connectivity index (χ0n) is 26.2. The average molecular weight is 641 g/mol. The fourth-order valence-electron chi connectivity index (χ4n) is 4.71. The number of aryl methyl sites for hydroxylation is 2. The third kappa shape index (κ3) is 9.67. The van der Waals surface area contributed by atoms with Crippen LogP contribution in [0.15, 0.2) is 84.9 Å². The molecule has 0 aliphatic rings. The number of ether oxygens (including phenoxy) is 4. The summed E-state index contributed by atoms with van der Waals surface area (Å²) in [6.45, 7) is 0.134. The Hall–Kier alpha value is -5.64. The van der Waals surface area contributed by atoms with Crippen LogP contribution in [0.25, 0.3) is 0 Å². The number of carbonyl (C=O) groups is 4. The monoisotopic (exact) mass is 640 g/mol. The van der Waals surface area contributed by atoms with E-state index in [0.717, 1.165) is 0 Å². The van der Waals surface area contributed by atoms with E-state index in [9.17, 15) is 29.4 Å². The molecule has 0 aliphatic heterocycles. The van der Waals surface area contributed by atoms with E-state index in [0.29, 0.717) is 53.0 Å². The van der Waals surface area contributed by atoms with Crippen LogP contribution in [0, 0.1) is 0 Å². The highest BCUT2D eigenvalue weighted by Gasteiger charge is 2.17. The molecule has 0 atom stereocenters. The highest BCUT2D eigenvalue weighted by atomic mass is 16.5. The van der Waals surface area contributed by atoms with Crippen LogP contribution in [0.3, 0.4) is 0 Å². The van der Waals surface area contributed by atoms with E-state index in [1.807, 2.05) is 0 Å². The summed E-state index contributed by atoms with van der Waals surface area (Å²) in [4.78, 5) is 50.3. The van der Waals surface area contributed by atoms with Crippen molar-refractivity contribution in [2.24, 2.45) is 0 Å². The lowest BCUT2D eigenvalue weighted by Gasteiger charge is -2.09. The van der Waals surface area contributed by atoms with Gasteiger partial charge in [-0.1, -0.05) is 12.1 Å². The Labute approximate surface area is 272 Å². The fraction of sp³-hybridized carbons (Fsp3) is 0.243. The lowest BCUT2D eigenvalue weighted by molar-refractivity contribution is -0.146. The van der Waals surface area contributed by atoms with Crippen molar-refractivity contribution in [2.45, 2.75) is 32.1 Å². The highest BCUT2D eigenvalue weighted by Crippen LogP contribution is 2.25. The molecular weight excluding hydrogens is 604 g/mol. The van der Waals surface area contributed by atoms with Crippen molar-refractivity contribution in [1.82, 2.24) is 0 Å². The van der Waals surface area contributed by atoms with Gasteiger partial charge in [-0.15, -0.1) is 0 Å². The average Bonchev–Trinajstić information content (AvgIpc) is 3.10. The Balaban J connectivity index is 1.15. The van der Waals surface area contributed by atoms with Gasteiger partial charge in [0.25, 0.3) is 0 Å². The molecule has 4 aromatic rings. The number of rotatable bonds is 16. The molecule has 244 valence electrons. The van der Waals surface area contributed by atoms with Gasteiger partial charge in [-0.25, -0.2) is 0 Å². The van der Waals surface area contributed by atoms with E-state index in [-0.39, 0.29) is 60.2 Å². The highest BCUT2D eigenvalue weighted by molar-refractivity contribution is 6.11. The van der Waals surface area contributed by atoms with Gasteiger partial charge in [-0.2, -0.15) is 0 Å². The van der Waals surface area contributed by atoms with E-state index >= 15 is 0 Å². The Morgan fingerprint density at radius 1 is 0.553 bits per heavy atom. The van der Waals surface area contributed by atoms with Crippen LogP contribution >= 0.6 is 0 Å². The normalized spacial score (nSPS) is 10.6. The predicted octanol–water partition coefficient (Wildman–Crippen LogP) is 5.62. The van der Waals surface area contributed by atoms with Crippen LogP contribution in [0.1, 0.15) is 62.2 Å². The summed E-state index contributed by atoms with van der Waals surface area (Å²) in [6.07, 6.45) is 1.06. The second kappa shape index (κ2) is 16.6. The number of esters is 2. The van der Waals surface area contributed by atoms with Crippen molar-refractivity contribution in [3.63, 3.8) is 0 Å². The van der Waals surface area contributed by atoms with Crippen LogP contribution in [-0.2, 0) is 31.9 Å². The van der Waals surface area contributed by atoms with Crippen molar-refractivity contribution < 1.29 is 48.3 Å². The molecular formula is C37H36O10. The van der Waals surface area contributed by atoms with Crippen molar-refractivity contribution >= 4 is 23.5 Å². The third-order valence-corrected chi connectivity index (χ3v) is 7.37. The summed E-state index contributed by atoms with van der Waals surface area (Å²) in [5.74, 6) is -0.679. The van der Waals surface area contributed by atoms with Crippen molar-refractivity contribution in [1.29, 1.82) is 0 Å². The largest absolute Gasteiger partial charge is 0.507 e. The first-order valence-corrected chi connectivity index (χ1v) is 15.0. The topological polar surface area (TPSA) is 146 Å². The molecule has 0 unspecified atom stereocenters. The molecule has 0 spiro atoms. The molecule has 0 radical (unpaired) electrons. The summed E-state index contributed by atoms with van der Waals surface area (Å²) in [5, 5.41) is 20.5. The molecule has 4 rings (SSSR count). The first kappa shape index (κ1) is 34.2. The van der Waals surface area contributed by atoms with Crippen molar-refractivity contribution in [2.75, 3.05) is 27.4 Å². The lowest BCUT2D eigenvalue weighted by atomic mass is 9.98. The molecule has 0 saturated heterocycles. The van der Waals surface area contributed by atoms with Gasteiger partial charge in [0.2, 0.25) is 0 Å². The van der Waals surface area contributed by atoms with Gasteiger partial charge in [0.15, 0.2) is 11.6 Å². The minimum atomic E-state index is -0.445. The Morgan fingerprint density at radius 3 is 1.30 bits per heavy atom. The number of carbonyl (C=O) groups excluding carboxylic acids is 4. The lowest BCUT2D eigenvalue weighted by Crippen LogP contribution is -2.12. The number of ketones is 2. The molecule has 10 heteroatoms. The molecule has 0 heterocycles. The standard InChI is InChI=1S/C37H36O10/c1-44-28-12-8-26(9-13-28)36(42)30-22-24(4-16-32(30)38)6-18-34(40)46-20-3-21-47-35(41)19-7-25-5-17-33(39)31(23-25)37(43)27-10-14-29(45-2)15-11-27/h4-5,8-17,22-23,38-39H,3,6-7,18-21H2,1-2H3. The molecule has 47 heavy (non-hydrogen) atoms. The quantitative estimate of drug-likeness (QED) is 0.0899. The molecule has 0 bridgehead atoms. The molecule has 2 N–H and O–H groups in total. The molecule has 0 amide bonds. The van der Waals surface area contributed by atoms with Crippen LogP contribution in [0.2, 0.25) is 0 Å². The molecule has 0 aromatic heterocycles. The van der Waals surface area contributed by atoms with E-state index in [4.69, 9.17) is 18.9 Å². The van der Waals surface area contributed by atoms with Crippen LogP contribution in [-0.4, -0.2) is 61.2 Å². The number of phenolic OH excluding ortho intramolecular Hbond substituents is 2. The minimum absolute atomic E-state index is 0.0658. The number of aromatic hydroxyl groups is 2. The molecule has 10 nitrogen and oxygen atoms in total. The second-order valence-corrected chi connectivity index (χ2v) is 10.6. The molecule has 0 saturated carbocycles. The summed E-state index contributed by atoms with van der Waals surface area (Å²) in [6, 6.07) is 22.4. The van der Waals surface area contributed by atoms with Gasteiger partial charge in [-0.3, -0.25) is 19.2 Å². The third-order valence-electron chi connectivity index (χ3n) is 7.37. The first-order valence-electron chi connectivity index (χ1n) is 15.0. The maximum Gasteiger partial charge on any atom is 0.306 e. The van der Waals surface area contributed by atoms with Crippen LogP contribution < -0.4 is 9.47 Å². The van der Waals surface area contributed by atoms with Gasteiger partial charge >= 0.3 is 11.9 Å². The summed E-state index contributed by atoms with van der Waals surface area (Å²) >= 11 is 0. The van der Waals surface area contributed by atoms with Crippen LogP contribution in [0.5, 0.6) is 23.0 Å². The van der Waals surface area contributed by atoms with Crippen LogP contribution in [0.4, 0.5) is 0 Å². The number of benzene rings is 4. The predicted molar refractivity (Wildman–Crippen MR) is 172 cm³/mol. The first-order chi connectivity index (χ1) is 22.7. The second-order valence-electron chi connectivity index (χ2n) is 10.6. The SMILES string of the molecule is COc1ccc(C(=O)c2cc(CCC(=O)OCCCOC(=O)CCc3ccc(O)c(C(=O)c4ccc(OC)cc4)c3)ccc2O)cc1. The molecule has 0 fully saturated rings. The zero-order chi connectivity index (χ0) is 33.8. The summed E-state index contributed by atoms with van der Waals surface area (Å²) in [5.41, 5.74) is 2.44. The minimum Gasteiger partial charge on any atom is -0.507 e. The smallest absolute Gasteiger partial charge is 0.306 e. The Kier molecular flexibility index (Phi) is 12.1. The van der Waals surface area contributed by atoms with Crippen molar-refractivity contribution in [3.05, 3.63) is 118 Å². The zero-order valence-corrected chi connectivity index (χ0v) is 26.2. The van der Waals surface area contributed by atoms with Crippen molar-refractivity contribution in [3.8, 4) is 23.0 Å². The maximum absolute atomic E-state index is 12.9. The maximum atomic E-state index is 12.9. The Bertz CT molecular complexity index is 1580. The van der Waals surface area contributed by atoms with Gasteiger partial charge < -0.3 is 29.2 Å². The number of methoxy groups -OCH3 is 2. The number of hydrogen-bond acceptors (Lipinski definition) is 10.